The predicted octanol–water partition coefficient (Wildman–Crippen LogP) is -0.380. The second kappa shape index (κ2) is 16.3. The van der Waals surface area contributed by atoms with Crippen LogP contribution in [0, 0.1) is 6.92 Å². The molecule has 0 spiro atoms. The first-order valence-corrected chi connectivity index (χ1v) is 13.3. The minimum atomic E-state index is -1.35. The zero-order valence-electron chi connectivity index (χ0n) is 26.0. The molecule has 0 bridgehead atoms. The van der Waals surface area contributed by atoms with Crippen molar-refractivity contribution in [3.63, 3.8) is 0 Å². The summed E-state index contributed by atoms with van der Waals surface area (Å²) in [6.45, 7) is -1.20. The van der Waals surface area contributed by atoms with Crippen molar-refractivity contribution in [2.75, 3.05) is 49.2 Å². The zero-order valence-corrected chi connectivity index (χ0v) is 28.2. The monoisotopic (exact) mass is 681 g/mol. The fraction of sp³-hybridized carbons (Fsp3) is 0.241. The van der Waals surface area contributed by atoms with Gasteiger partial charge in [0.2, 0.25) is 5.76 Å². The Morgan fingerprint density at radius 3 is 1.79 bits per heavy atom. The molecule has 0 aliphatic rings. The Hall–Kier alpha value is -4.62. The molecule has 47 heavy (non-hydrogen) atoms. The SMILES string of the molecule is Cc1ccc(N(CC(=O)O)CC(=O)O)c(OCCOc2cc3cc(-c4ncc(C(=O)O)o4)oc3cc2N(CC(=O)O)CC(=O)O)c1.[H-].[K+]. The molecule has 5 N–H and O–H groups in total. The molecule has 4 aromatic rings. The zero-order chi connectivity index (χ0) is 33.5. The van der Waals surface area contributed by atoms with Crippen molar-refractivity contribution >= 4 is 52.2 Å². The minimum Gasteiger partial charge on any atom is -1.00 e. The third kappa shape index (κ3) is 9.93. The van der Waals surface area contributed by atoms with E-state index in [2.05, 4.69) is 4.98 Å². The largest absolute Gasteiger partial charge is 1.00 e. The molecule has 4 rings (SSSR count). The van der Waals surface area contributed by atoms with Gasteiger partial charge < -0.3 is 55.1 Å². The summed E-state index contributed by atoms with van der Waals surface area (Å²) in [4.78, 5) is 63.1. The van der Waals surface area contributed by atoms with Crippen LogP contribution in [-0.2, 0) is 19.2 Å². The first-order chi connectivity index (χ1) is 21.8. The number of aromatic nitrogens is 1. The van der Waals surface area contributed by atoms with Gasteiger partial charge in [0.05, 0.1) is 17.6 Å². The molecular formula is C29H28KN3O14. The number of aryl methyl sites for hydroxylation is 1. The maximum atomic E-state index is 11.6. The van der Waals surface area contributed by atoms with Crippen LogP contribution in [0.4, 0.5) is 11.4 Å². The molecule has 0 atom stereocenters. The number of hydrogen-bond acceptors (Lipinski definition) is 12. The van der Waals surface area contributed by atoms with Crippen LogP contribution < -0.4 is 70.7 Å². The van der Waals surface area contributed by atoms with Crippen LogP contribution in [-0.4, -0.2) is 99.8 Å². The normalized spacial score (nSPS) is 10.6. The summed E-state index contributed by atoms with van der Waals surface area (Å²) in [5.74, 6) is -6.80. The molecule has 0 unspecified atom stereocenters. The van der Waals surface area contributed by atoms with Crippen molar-refractivity contribution < 1.29 is 121 Å². The summed E-state index contributed by atoms with van der Waals surface area (Å²) >= 11 is 0. The van der Waals surface area contributed by atoms with Gasteiger partial charge in [-0.3, -0.25) is 19.2 Å². The molecule has 2 aromatic carbocycles. The van der Waals surface area contributed by atoms with Crippen LogP contribution in [0.25, 0.3) is 22.6 Å². The molecule has 0 saturated heterocycles. The molecule has 0 fully saturated rings. The number of anilines is 2. The summed E-state index contributed by atoms with van der Waals surface area (Å²) in [5.41, 5.74) is 1.16. The summed E-state index contributed by atoms with van der Waals surface area (Å²) in [7, 11) is 0. The Balaban J connectivity index is 0.00000400. The van der Waals surface area contributed by atoms with Gasteiger partial charge in [-0.15, -0.1) is 0 Å². The quantitative estimate of drug-likeness (QED) is 0.0703. The second-order valence-electron chi connectivity index (χ2n) is 9.76. The number of aliphatic carboxylic acids is 4. The van der Waals surface area contributed by atoms with Gasteiger partial charge in [-0.25, -0.2) is 9.78 Å². The number of furan rings is 1. The molecule has 0 amide bonds. The molecular weight excluding hydrogens is 653 g/mol. The Kier molecular flexibility index (Phi) is 12.8. The Morgan fingerprint density at radius 2 is 1.28 bits per heavy atom. The van der Waals surface area contributed by atoms with Gasteiger partial charge in [0.15, 0.2) is 5.76 Å². The van der Waals surface area contributed by atoms with Crippen LogP contribution in [0.1, 0.15) is 17.5 Å². The van der Waals surface area contributed by atoms with Crippen LogP contribution >= 0.6 is 0 Å². The van der Waals surface area contributed by atoms with E-state index in [1.165, 1.54) is 24.3 Å². The average molecular weight is 682 g/mol. The second-order valence-corrected chi connectivity index (χ2v) is 9.76. The van der Waals surface area contributed by atoms with E-state index in [9.17, 15) is 44.4 Å². The number of aromatic carboxylic acids is 1. The number of ether oxygens (including phenoxy) is 2. The van der Waals surface area contributed by atoms with E-state index in [4.69, 9.17) is 23.4 Å². The van der Waals surface area contributed by atoms with Gasteiger partial charge in [0.25, 0.3) is 5.89 Å². The number of benzene rings is 2. The van der Waals surface area contributed by atoms with Gasteiger partial charge in [-0.05, 0) is 36.8 Å². The van der Waals surface area contributed by atoms with Crippen molar-refractivity contribution in [1.29, 1.82) is 0 Å². The predicted molar refractivity (Wildman–Crippen MR) is 157 cm³/mol. The average Bonchev–Trinajstić information content (AvgIpc) is 3.61. The van der Waals surface area contributed by atoms with Gasteiger partial charge >= 0.3 is 81.2 Å². The molecule has 0 aliphatic carbocycles. The van der Waals surface area contributed by atoms with Crippen molar-refractivity contribution in [3.8, 4) is 23.1 Å². The van der Waals surface area contributed by atoms with Gasteiger partial charge in [0, 0.05) is 11.5 Å². The van der Waals surface area contributed by atoms with Crippen LogP contribution in [0.15, 0.2) is 51.4 Å². The van der Waals surface area contributed by atoms with Crippen molar-refractivity contribution in [2.45, 2.75) is 6.92 Å². The van der Waals surface area contributed by atoms with E-state index in [1.807, 2.05) is 0 Å². The summed E-state index contributed by atoms with van der Waals surface area (Å²) in [6.07, 6.45) is 0.995. The van der Waals surface area contributed by atoms with Gasteiger partial charge in [0.1, 0.15) is 56.5 Å². The number of carboxylic acids is 5. The molecule has 2 heterocycles. The van der Waals surface area contributed by atoms with E-state index in [0.717, 1.165) is 21.6 Å². The molecule has 0 aliphatic heterocycles. The third-order valence-corrected chi connectivity index (χ3v) is 6.22. The first kappa shape index (κ1) is 36.8. The number of nitrogens with zero attached hydrogens (tertiary/aromatic N) is 3. The third-order valence-electron chi connectivity index (χ3n) is 6.22. The maximum Gasteiger partial charge on any atom is 1.00 e. The number of carboxylic acid groups (broad SMARTS) is 5. The van der Waals surface area contributed by atoms with Crippen molar-refractivity contribution in [1.82, 2.24) is 4.98 Å². The van der Waals surface area contributed by atoms with E-state index in [0.29, 0.717) is 5.39 Å². The number of carbonyl (C=O) groups is 5. The maximum absolute atomic E-state index is 11.6. The number of fused-ring (bicyclic) bond motifs is 1. The number of rotatable bonds is 17. The molecule has 17 nitrogen and oxygen atoms in total. The molecule has 18 heteroatoms. The van der Waals surface area contributed by atoms with Crippen LogP contribution in [0.5, 0.6) is 11.5 Å². The van der Waals surface area contributed by atoms with E-state index >= 15 is 0 Å². The van der Waals surface area contributed by atoms with Crippen LogP contribution in [0.3, 0.4) is 0 Å². The Morgan fingerprint density at radius 1 is 0.745 bits per heavy atom. The van der Waals surface area contributed by atoms with E-state index in [1.54, 1.807) is 19.1 Å². The summed E-state index contributed by atoms with van der Waals surface area (Å²) in [6, 6.07) is 9.07. The van der Waals surface area contributed by atoms with Gasteiger partial charge in [-0.2, -0.15) is 0 Å². The summed E-state index contributed by atoms with van der Waals surface area (Å²) in [5, 5.41) is 47.0. The molecule has 244 valence electrons. The van der Waals surface area contributed by atoms with Gasteiger partial charge in [-0.1, -0.05) is 6.07 Å². The number of oxazole rings is 1. The van der Waals surface area contributed by atoms with E-state index < -0.39 is 61.8 Å². The molecule has 2 aromatic heterocycles. The van der Waals surface area contributed by atoms with Crippen LogP contribution in [0.2, 0.25) is 0 Å². The minimum absolute atomic E-state index is 0. The molecule has 0 saturated carbocycles. The topological polar surface area (TPSA) is 251 Å². The fourth-order valence-electron chi connectivity index (χ4n) is 4.42. The standard InChI is InChI=1S/C29H27N3O14.K.H/c1-15-2-3-17(31(11-24(33)34)12-25(35)36)20(6-15)43-4-5-44-21-7-16-8-22(28-30-10-23(46-28)29(41)42)45-19(16)9-18(21)32(13-26(37)38)14-27(39)40;;/h2-3,6-10H,4-5,11-14H2,1H3,(H,33,34)(H,35,36)(H,37,38)(H,39,40)(H,41,42);;/q;+1;-1. The van der Waals surface area contributed by atoms with Crippen molar-refractivity contribution in [2.24, 2.45) is 0 Å². The van der Waals surface area contributed by atoms with Crippen molar-refractivity contribution in [3.05, 3.63) is 53.9 Å². The Bertz CT molecular complexity index is 1770. The first-order valence-electron chi connectivity index (χ1n) is 13.3. The fourth-order valence-corrected chi connectivity index (χ4v) is 4.42. The van der Waals surface area contributed by atoms with E-state index in [-0.39, 0.29) is 106 Å². The summed E-state index contributed by atoms with van der Waals surface area (Å²) < 4.78 is 22.7. The molecule has 0 radical (unpaired) electrons. The number of hydrogen-bond donors (Lipinski definition) is 5. The Labute approximate surface area is 308 Å². The smallest absolute Gasteiger partial charge is 1.00 e.